The van der Waals surface area contributed by atoms with Crippen LogP contribution in [0.25, 0.3) is 0 Å². The monoisotopic (exact) mass is 229 g/mol. The molecule has 1 fully saturated rings. The van der Waals surface area contributed by atoms with Crippen LogP contribution < -0.4 is 0 Å². The molecule has 0 saturated heterocycles. The Bertz CT molecular complexity index is 514. The van der Waals surface area contributed by atoms with Crippen molar-refractivity contribution >= 4 is 17.1 Å². The van der Waals surface area contributed by atoms with Crippen LogP contribution >= 0.6 is 11.3 Å². The molecule has 80 valence electrons. The van der Waals surface area contributed by atoms with Gasteiger partial charge in [0.15, 0.2) is 5.01 Å². The van der Waals surface area contributed by atoms with Gasteiger partial charge in [-0.3, -0.25) is 4.79 Å². The minimum Gasteiger partial charge on any atom is -0.286 e. The maximum Gasteiger partial charge on any atom is 0.221 e. The summed E-state index contributed by atoms with van der Waals surface area (Å²) in [5.41, 5.74) is 1.82. The molecule has 0 amide bonds. The second kappa shape index (κ2) is 3.83. The second-order valence-corrected chi connectivity index (χ2v) is 4.91. The lowest BCUT2D eigenvalue weighted by molar-refractivity contribution is 0.103. The number of carbonyl (C=O) groups excluding carboxylic acids is 1. The smallest absolute Gasteiger partial charge is 0.221 e. The van der Waals surface area contributed by atoms with Gasteiger partial charge in [0, 0.05) is 16.9 Å². The van der Waals surface area contributed by atoms with E-state index < -0.39 is 0 Å². The van der Waals surface area contributed by atoms with Crippen molar-refractivity contribution in [3.63, 3.8) is 0 Å². The summed E-state index contributed by atoms with van der Waals surface area (Å²) in [6, 6.07) is 9.33. The Hall–Kier alpha value is -1.48. The van der Waals surface area contributed by atoms with Gasteiger partial charge in [0.25, 0.3) is 0 Å². The van der Waals surface area contributed by atoms with Gasteiger partial charge in [-0.25, -0.2) is 4.98 Å². The van der Waals surface area contributed by atoms with Gasteiger partial charge in [-0.2, -0.15) is 0 Å². The third-order valence-corrected chi connectivity index (χ3v) is 3.61. The molecular weight excluding hydrogens is 218 g/mol. The highest BCUT2D eigenvalue weighted by molar-refractivity contribution is 7.12. The van der Waals surface area contributed by atoms with E-state index in [1.807, 2.05) is 35.7 Å². The maximum atomic E-state index is 12.1. The van der Waals surface area contributed by atoms with Crippen LogP contribution in [-0.2, 0) is 0 Å². The molecule has 0 unspecified atom stereocenters. The van der Waals surface area contributed by atoms with Crippen molar-refractivity contribution in [1.29, 1.82) is 0 Å². The van der Waals surface area contributed by atoms with E-state index in [1.54, 1.807) is 0 Å². The van der Waals surface area contributed by atoms with E-state index in [2.05, 4.69) is 4.98 Å². The van der Waals surface area contributed by atoms with E-state index >= 15 is 0 Å². The fraction of sp³-hybridized carbons (Fsp3) is 0.231. The lowest BCUT2D eigenvalue weighted by Crippen LogP contribution is -2.00. The Labute approximate surface area is 98.0 Å². The van der Waals surface area contributed by atoms with Crippen molar-refractivity contribution in [2.24, 2.45) is 0 Å². The van der Waals surface area contributed by atoms with E-state index in [1.165, 1.54) is 24.2 Å². The van der Waals surface area contributed by atoms with Gasteiger partial charge >= 0.3 is 0 Å². The van der Waals surface area contributed by atoms with E-state index in [-0.39, 0.29) is 5.78 Å². The summed E-state index contributed by atoms with van der Waals surface area (Å²) in [4.78, 5) is 16.5. The van der Waals surface area contributed by atoms with Crippen LogP contribution in [0.4, 0.5) is 0 Å². The molecule has 1 aromatic carbocycles. The van der Waals surface area contributed by atoms with Gasteiger partial charge < -0.3 is 0 Å². The molecule has 0 aliphatic heterocycles. The fourth-order valence-electron chi connectivity index (χ4n) is 1.67. The summed E-state index contributed by atoms with van der Waals surface area (Å²) in [5, 5.41) is 2.64. The van der Waals surface area contributed by atoms with Crippen molar-refractivity contribution in [3.05, 3.63) is 52.0 Å². The molecule has 16 heavy (non-hydrogen) atoms. The quantitative estimate of drug-likeness (QED) is 0.756. The number of aromatic nitrogens is 1. The third-order valence-electron chi connectivity index (χ3n) is 2.75. The number of hydrogen-bond donors (Lipinski definition) is 0. The first kappa shape index (κ1) is 9.73. The number of rotatable bonds is 3. The molecule has 2 aromatic rings. The number of thiazole rings is 1. The Morgan fingerprint density at radius 1 is 1.25 bits per heavy atom. The molecular formula is C13H11NOS. The van der Waals surface area contributed by atoms with Crippen molar-refractivity contribution in [2.75, 3.05) is 0 Å². The van der Waals surface area contributed by atoms with E-state index in [4.69, 9.17) is 0 Å². The molecule has 2 nitrogen and oxygen atoms in total. The summed E-state index contributed by atoms with van der Waals surface area (Å²) >= 11 is 1.46. The van der Waals surface area contributed by atoms with Crippen molar-refractivity contribution in [1.82, 2.24) is 4.98 Å². The van der Waals surface area contributed by atoms with Crippen molar-refractivity contribution in [3.8, 4) is 0 Å². The molecule has 0 N–H and O–H groups in total. The van der Waals surface area contributed by atoms with Gasteiger partial charge in [0.1, 0.15) is 0 Å². The largest absolute Gasteiger partial charge is 0.286 e. The minimum atomic E-state index is 0.0394. The van der Waals surface area contributed by atoms with Gasteiger partial charge in [-0.15, -0.1) is 11.3 Å². The predicted molar refractivity (Wildman–Crippen MR) is 64.0 cm³/mol. The summed E-state index contributed by atoms with van der Waals surface area (Å²) < 4.78 is 0. The number of hydrogen-bond acceptors (Lipinski definition) is 3. The van der Waals surface area contributed by atoms with E-state index in [0.29, 0.717) is 10.9 Å². The molecule has 1 heterocycles. The summed E-state index contributed by atoms with van der Waals surface area (Å²) in [7, 11) is 0. The molecule has 1 aromatic heterocycles. The highest BCUT2D eigenvalue weighted by Gasteiger charge is 2.27. The van der Waals surface area contributed by atoms with E-state index in [0.717, 1.165) is 11.3 Å². The average Bonchev–Trinajstić information content (AvgIpc) is 3.08. The Morgan fingerprint density at radius 2 is 2.00 bits per heavy atom. The second-order valence-electron chi connectivity index (χ2n) is 4.05. The lowest BCUT2D eigenvalue weighted by Gasteiger charge is -1.95. The number of benzene rings is 1. The third kappa shape index (κ3) is 1.78. The fourth-order valence-corrected chi connectivity index (χ4v) is 2.53. The lowest BCUT2D eigenvalue weighted by atomic mass is 10.1. The van der Waals surface area contributed by atoms with Crippen molar-refractivity contribution < 1.29 is 4.79 Å². The van der Waals surface area contributed by atoms with Crippen LogP contribution in [-0.4, -0.2) is 10.8 Å². The first-order chi connectivity index (χ1) is 7.84. The number of ketones is 1. The van der Waals surface area contributed by atoms with Crippen LogP contribution in [0.5, 0.6) is 0 Å². The molecule has 1 aliphatic carbocycles. The normalized spacial score (nSPS) is 15.0. The summed E-state index contributed by atoms with van der Waals surface area (Å²) in [5.74, 6) is 0.658. The Morgan fingerprint density at radius 3 is 2.69 bits per heavy atom. The molecule has 1 saturated carbocycles. The topological polar surface area (TPSA) is 30.0 Å². The van der Waals surface area contributed by atoms with E-state index in [9.17, 15) is 4.79 Å². The SMILES string of the molecule is O=C(c1ccccc1)c1nc(C2CC2)cs1. The summed E-state index contributed by atoms with van der Waals surface area (Å²) in [6.45, 7) is 0. The average molecular weight is 229 g/mol. The maximum absolute atomic E-state index is 12.1. The van der Waals surface area contributed by atoms with Gasteiger partial charge in [-0.1, -0.05) is 30.3 Å². The highest BCUT2D eigenvalue weighted by atomic mass is 32.1. The molecule has 0 bridgehead atoms. The summed E-state index contributed by atoms with van der Waals surface area (Å²) in [6.07, 6.45) is 2.45. The van der Waals surface area contributed by atoms with Crippen LogP contribution in [0.15, 0.2) is 35.7 Å². The molecule has 0 spiro atoms. The van der Waals surface area contributed by atoms with Crippen LogP contribution in [0.2, 0.25) is 0 Å². The molecule has 1 aliphatic rings. The van der Waals surface area contributed by atoms with Gasteiger partial charge in [0.05, 0.1) is 5.69 Å². The molecule has 3 heteroatoms. The van der Waals surface area contributed by atoms with Crippen LogP contribution in [0, 0.1) is 0 Å². The minimum absolute atomic E-state index is 0.0394. The van der Waals surface area contributed by atoms with Gasteiger partial charge in [-0.05, 0) is 12.8 Å². The zero-order valence-electron chi connectivity index (χ0n) is 8.72. The van der Waals surface area contributed by atoms with Crippen LogP contribution in [0.3, 0.4) is 0 Å². The molecule has 3 rings (SSSR count). The Balaban J connectivity index is 1.88. The molecule has 0 radical (unpaired) electrons. The van der Waals surface area contributed by atoms with Gasteiger partial charge in [0.2, 0.25) is 5.78 Å². The van der Waals surface area contributed by atoms with Crippen molar-refractivity contribution in [2.45, 2.75) is 18.8 Å². The first-order valence-corrected chi connectivity index (χ1v) is 6.28. The predicted octanol–water partition coefficient (Wildman–Crippen LogP) is 3.25. The first-order valence-electron chi connectivity index (χ1n) is 5.40. The standard InChI is InChI=1S/C13H11NOS/c15-12(10-4-2-1-3-5-10)13-14-11(8-16-13)9-6-7-9/h1-5,8-9H,6-7H2. The molecule has 0 atom stereocenters. The van der Waals surface area contributed by atoms with Crippen LogP contribution in [0.1, 0.15) is 39.8 Å². The number of nitrogens with zero attached hydrogens (tertiary/aromatic N) is 1. The zero-order chi connectivity index (χ0) is 11.0. The highest BCUT2D eigenvalue weighted by Crippen LogP contribution is 2.40. The number of carbonyl (C=O) groups is 1. The zero-order valence-corrected chi connectivity index (χ0v) is 9.54. The Kier molecular flexibility index (Phi) is 2.33.